The molecule has 1 aromatic heterocycles. The van der Waals surface area contributed by atoms with Crippen LogP contribution >= 0.6 is 0 Å². The lowest BCUT2D eigenvalue weighted by atomic mass is 10.1. The normalized spacial score (nSPS) is 11.5. The van der Waals surface area contributed by atoms with Crippen LogP contribution in [0.15, 0.2) is 48.8 Å². The van der Waals surface area contributed by atoms with E-state index >= 15 is 0 Å². The number of para-hydroxylation sites is 1. The minimum Gasteiger partial charge on any atom is -0.478 e. The van der Waals surface area contributed by atoms with Crippen molar-refractivity contribution in [2.24, 2.45) is 0 Å². The summed E-state index contributed by atoms with van der Waals surface area (Å²) >= 11 is 0. The fraction of sp³-hybridized carbons (Fsp3) is 0.0625. The summed E-state index contributed by atoms with van der Waals surface area (Å²) in [7, 11) is 0. The SMILES string of the molecule is O=C(Nn1cnc2c(C(=O)O)cccc21)c1ccccc1C(F)(F)F. The van der Waals surface area contributed by atoms with Gasteiger partial charge < -0.3 is 5.11 Å². The van der Waals surface area contributed by atoms with Gasteiger partial charge >= 0.3 is 12.1 Å². The fourth-order valence-electron chi connectivity index (χ4n) is 2.40. The molecule has 0 spiro atoms. The Hall–Kier alpha value is -3.36. The van der Waals surface area contributed by atoms with Crippen molar-refractivity contribution in [1.82, 2.24) is 9.66 Å². The minimum absolute atomic E-state index is 0.0822. The second-order valence-corrected chi connectivity index (χ2v) is 5.08. The molecule has 2 aromatic carbocycles. The third-order valence-electron chi connectivity index (χ3n) is 3.51. The molecule has 0 radical (unpaired) electrons. The summed E-state index contributed by atoms with van der Waals surface area (Å²) in [5.74, 6) is -2.20. The predicted octanol–water partition coefficient (Wildman–Crippen LogP) is 3.14. The second-order valence-electron chi connectivity index (χ2n) is 5.08. The molecule has 0 fully saturated rings. The molecule has 0 aliphatic rings. The van der Waals surface area contributed by atoms with E-state index in [1.54, 1.807) is 0 Å². The zero-order chi connectivity index (χ0) is 18.2. The van der Waals surface area contributed by atoms with E-state index in [0.29, 0.717) is 0 Å². The first-order valence-corrected chi connectivity index (χ1v) is 6.96. The van der Waals surface area contributed by atoms with Crippen molar-refractivity contribution in [3.8, 4) is 0 Å². The van der Waals surface area contributed by atoms with Crippen molar-refractivity contribution >= 4 is 22.9 Å². The van der Waals surface area contributed by atoms with Crippen molar-refractivity contribution in [3.63, 3.8) is 0 Å². The van der Waals surface area contributed by atoms with Gasteiger partial charge in [0.25, 0.3) is 5.91 Å². The van der Waals surface area contributed by atoms with Crippen LogP contribution in [0, 0.1) is 0 Å². The van der Waals surface area contributed by atoms with Gasteiger partial charge in [0.05, 0.1) is 22.2 Å². The molecular weight excluding hydrogens is 339 g/mol. The summed E-state index contributed by atoms with van der Waals surface area (Å²) in [6.07, 6.45) is -3.55. The zero-order valence-electron chi connectivity index (χ0n) is 12.4. The lowest BCUT2D eigenvalue weighted by molar-refractivity contribution is -0.137. The Bertz CT molecular complexity index is 979. The highest BCUT2D eigenvalue weighted by molar-refractivity contribution is 6.04. The number of fused-ring (bicyclic) bond motifs is 1. The second kappa shape index (κ2) is 5.93. The number of carbonyl (C=O) groups excluding carboxylic acids is 1. The molecule has 2 N–H and O–H groups in total. The van der Waals surface area contributed by atoms with Crippen molar-refractivity contribution in [1.29, 1.82) is 0 Å². The summed E-state index contributed by atoms with van der Waals surface area (Å²) in [6.45, 7) is 0. The number of alkyl halides is 3. The molecule has 0 aliphatic carbocycles. The van der Waals surface area contributed by atoms with Crippen LogP contribution in [0.5, 0.6) is 0 Å². The maximum absolute atomic E-state index is 13.0. The molecular formula is C16H10F3N3O3. The molecule has 1 heterocycles. The number of nitrogens with one attached hydrogen (secondary N) is 1. The van der Waals surface area contributed by atoms with Gasteiger partial charge in [-0.3, -0.25) is 10.2 Å². The van der Waals surface area contributed by atoms with Crippen molar-refractivity contribution in [2.45, 2.75) is 6.18 Å². The number of hydrogen-bond donors (Lipinski definition) is 2. The topological polar surface area (TPSA) is 84.2 Å². The highest BCUT2D eigenvalue weighted by atomic mass is 19.4. The van der Waals surface area contributed by atoms with Gasteiger partial charge in [0, 0.05) is 0 Å². The first-order chi connectivity index (χ1) is 11.8. The fourth-order valence-corrected chi connectivity index (χ4v) is 2.40. The quantitative estimate of drug-likeness (QED) is 0.761. The van der Waals surface area contributed by atoms with Crippen molar-refractivity contribution in [2.75, 3.05) is 5.43 Å². The maximum Gasteiger partial charge on any atom is 0.417 e. The summed E-state index contributed by atoms with van der Waals surface area (Å²) in [5.41, 5.74) is 0.942. The molecule has 25 heavy (non-hydrogen) atoms. The average molecular weight is 349 g/mol. The van der Waals surface area contributed by atoms with E-state index in [2.05, 4.69) is 10.4 Å². The molecule has 0 saturated carbocycles. The van der Waals surface area contributed by atoms with Crippen molar-refractivity contribution in [3.05, 3.63) is 65.5 Å². The Morgan fingerprint density at radius 3 is 2.40 bits per heavy atom. The van der Waals surface area contributed by atoms with E-state index in [1.807, 2.05) is 0 Å². The van der Waals surface area contributed by atoms with Crippen LogP contribution in [0.2, 0.25) is 0 Å². The lowest BCUT2D eigenvalue weighted by Gasteiger charge is -2.13. The van der Waals surface area contributed by atoms with E-state index < -0.39 is 29.2 Å². The molecule has 6 nitrogen and oxygen atoms in total. The zero-order valence-corrected chi connectivity index (χ0v) is 12.4. The van der Waals surface area contributed by atoms with E-state index in [0.717, 1.165) is 23.1 Å². The number of aromatic carboxylic acids is 1. The van der Waals surface area contributed by atoms with Gasteiger partial charge in [-0.25, -0.2) is 14.5 Å². The largest absolute Gasteiger partial charge is 0.478 e. The Morgan fingerprint density at radius 1 is 1.04 bits per heavy atom. The number of rotatable bonds is 3. The summed E-state index contributed by atoms with van der Waals surface area (Å²) in [5, 5.41) is 9.12. The van der Waals surface area contributed by atoms with Gasteiger partial charge in [0.2, 0.25) is 0 Å². The van der Waals surface area contributed by atoms with Crippen molar-refractivity contribution < 1.29 is 27.9 Å². The summed E-state index contributed by atoms with van der Waals surface area (Å²) < 4.78 is 40.1. The maximum atomic E-state index is 13.0. The average Bonchev–Trinajstić information content (AvgIpc) is 2.97. The summed E-state index contributed by atoms with van der Waals surface area (Å²) in [4.78, 5) is 27.3. The number of nitrogens with zero attached hydrogens (tertiary/aromatic N) is 2. The predicted molar refractivity (Wildman–Crippen MR) is 81.8 cm³/mol. The number of benzene rings is 2. The third-order valence-corrected chi connectivity index (χ3v) is 3.51. The van der Waals surface area contributed by atoms with Crippen LogP contribution in [-0.2, 0) is 6.18 Å². The summed E-state index contributed by atoms with van der Waals surface area (Å²) in [6, 6.07) is 8.64. The van der Waals surface area contributed by atoms with E-state index in [1.165, 1.54) is 30.3 Å². The molecule has 0 aliphatic heterocycles. The molecule has 0 bridgehead atoms. The minimum atomic E-state index is -4.68. The highest BCUT2D eigenvalue weighted by Crippen LogP contribution is 2.31. The third kappa shape index (κ3) is 3.03. The molecule has 3 aromatic rings. The lowest BCUT2D eigenvalue weighted by Crippen LogP contribution is -2.25. The molecule has 3 rings (SSSR count). The number of amides is 1. The number of halogens is 3. The Labute approximate surface area is 138 Å². The first-order valence-electron chi connectivity index (χ1n) is 6.96. The monoisotopic (exact) mass is 349 g/mol. The number of aromatic nitrogens is 2. The Balaban J connectivity index is 1.99. The number of carbonyl (C=O) groups is 2. The smallest absolute Gasteiger partial charge is 0.417 e. The number of imidazole rings is 1. The first kappa shape index (κ1) is 16.5. The van der Waals surface area contributed by atoms with Gasteiger partial charge in [-0.2, -0.15) is 13.2 Å². The Morgan fingerprint density at radius 2 is 1.72 bits per heavy atom. The number of carboxylic acids is 1. The highest BCUT2D eigenvalue weighted by Gasteiger charge is 2.35. The molecule has 1 amide bonds. The number of carboxylic acid groups (broad SMARTS) is 1. The molecule has 0 unspecified atom stereocenters. The van der Waals surface area contributed by atoms with Gasteiger partial charge in [0.15, 0.2) is 0 Å². The Kier molecular flexibility index (Phi) is 3.91. The van der Waals surface area contributed by atoms with Crippen LogP contribution in [0.4, 0.5) is 13.2 Å². The van der Waals surface area contributed by atoms with Gasteiger partial charge in [-0.15, -0.1) is 0 Å². The van der Waals surface area contributed by atoms with Crippen LogP contribution in [-0.4, -0.2) is 26.6 Å². The number of hydrogen-bond acceptors (Lipinski definition) is 3. The molecule has 0 atom stereocenters. The van der Waals surface area contributed by atoms with Gasteiger partial charge in [-0.05, 0) is 24.3 Å². The van der Waals surface area contributed by atoms with Crippen LogP contribution < -0.4 is 5.43 Å². The van der Waals surface area contributed by atoms with Crippen LogP contribution in [0.1, 0.15) is 26.3 Å². The van der Waals surface area contributed by atoms with E-state index in [9.17, 15) is 22.8 Å². The molecule has 128 valence electrons. The van der Waals surface area contributed by atoms with E-state index in [-0.39, 0.29) is 16.6 Å². The molecule has 9 heteroatoms. The standard InChI is InChI=1S/C16H10F3N3O3/c17-16(18,19)11-6-2-1-4-9(11)14(23)21-22-8-20-13-10(15(24)25)5-3-7-12(13)22/h1-8H,(H,21,23)(H,24,25). The molecule has 0 saturated heterocycles. The van der Waals surface area contributed by atoms with Gasteiger partial charge in [0.1, 0.15) is 11.8 Å². The van der Waals surface area contributed by atoms with Gasteiger partial charge in [-0.1, -0.05) is 18.2 Å². The van der Waals surface area contributed by atoms with Crippen LogP contribution in [0.25, 0.3) is 11.0 Å². The van der Waals surface area contributed by atoms with E-state index in [4.69, 9.17) is 5.11 Å². The van der Waals surface area contributed by atoms with Crippen LogP contribution in [0.3, 0.4) is 0 Å².